The molecule has 1 saturated heterocycles. The lowest BCUT2D eigenvalue weighted by Gasteiger charge is -2.34. The first-order chi connectivity index (χ1) is 14.7. The molecule has 3 heterocycles. The second-order valence-corrected chi connectivity index (χ2v) is 7.26. The molecule has 0 unspecified atom stereocenters. The lowest BCUT2D eigenvalue weighted by molar-refractivity contribution is 0.0515. The SMILES string of the molecule is O=C(c1cc(-c2cccc3ccccc23)n[nH]1)N1CCN(C(=O)c2ccco2)CC1. The van der Waals surface area contributed by atoms with E-state index in [4.69, 9.17) is 4.42 Å². The number of piperazine rings is 1. The molecule has 0 radical (unpaired) electrons. The number of hydrogen-bond donors (Lipinski definition) is 1. The first-order valence-electron chi connectivity index (χ1n) is 9.86. The van der Waals surface area contributed by atoms with Crippen LogP contribution < -0.4 is 0 Å². The van der Waals surface area contributed by atoms with Gasteiger partial charge in [-0.05, 0) is 29.0 Å². The Labute approximate surface area is 172 Å². The normalized spacial score (nSPS) is 14.3. The summed E-state index contributed by atoms with van der Waals surface area (Å²) >= 11 is 0. The zero-order chi connectivity index (χ0) is 20.5. The van der Waals surface area contributed by atoms with E-state index < -0.39 is 0 Å². The maximum atomic E-state index is 12.9. The van der Waals surface area contributed by atoms with Gasteiger partial charge in [0, 0.05) is 31.7 Å². The van der Waals surface area contributed by atoms with Crippen molar-refractivity contribution in [3.63, 3.8) is 0 Å². The molecule has 1 N–H and O–H groups in total. The highest BCUT2D eigenvalue weighted by Crippen LogP contribution is 2.27. The lowest BCUT2D eigenvalue weighted by atomic mass is 10.0. The van der Waals surface area contributed by atoms with Crippen LogP contribution in [0.25, 0.3) is 22.0 Å². The molecular weight excluding hydrogens is 380 g/mol. The van der Waals surface area contributed by atoms with Crippen LogP contribution in [0.4, 0.5) is 0 Å². The molecule has 7 nitrogen and oxygen atoms in total. The minimum Gasteiger partial charge on any atom is -0.459 e. The molecule has 2 amide bonds. The van der Waals surface area contributed by atoms with Crippen LogP contribution >= 0.6 is 0 Å². The fraction of sp³-hybridized carbons (Fsp3) is 0.174. The van der Waals surface area contributed by atoms with Crippen molar-refractivity contribution < 1.29 is 14.0 Å². The molecular formula is C23H20N4O3. The number of aromatic amines is 1. The molecule has 7 heteroatoms. The van der Waals surface area contributed by atoms with Crippen LogP contribution in [0, 0.1) is 0 Å². The largest absolute Gasteiger partial charge is 0.459 e. The summed E-state index contributed by atoms with van der Waals surface area (Å²) in [6.45, 7) is 1.87. The summed E-state index contributed by atoms with van der Waals surface area (Å²) in [7, 11) is 0. The molecule has 2 aromatic heterocycles. The summed E-state index contributed by atoms with van der Waals surface area (Å²) in [5.74, 6) is 0.0639. The number of H-pyrrole nitrogens is 1. The third-order valence-electron chi connectivity index (χ3n) is 5.46. The van der Waals surface area contributed by atoms with Crippen LogP contribution in [-0.4, -0.2) is 58.0 Å². The highest BCUT2D eigenvalue weighted by atomic mass is 16.3. The van der Waals surface area contributed by atoms with Gasteiger partial charge in [-0.2, -0.15) is 5.10 Å². The Bertz CT molecular complexity index is 1200. The van der Waals surface area contributed by atoms with Crippen LogP contribution in [-0.2, 0) is 0 Å². The molecule has 0 bridgehead atoms. The number of aromatic nitrogens is 2. The first-order valence-corrected chi connectivity index (χ1v) is 9.86. The third-order valence-corrected chi connectivity index (χ3v) is 5.46. The van der Waals surface area contributed by atoms with Gasteiger partial charge in [0.2, 0.25) is 0 Å². The number of carbonyl (C=O) groups is 2. The topological polar surface area (TPSA) is 82.4 Å². The lowest BCUT2D eigenvalue weighted by Crippen LogP contribution is -2.50. The van der Waals surface area contributed by atoms with Crippen molar-refractivity contribution in [1.29, 1.82) is 0 Å². The average molecular weight is 400 g/mol. The van der Waals surface area contributed by atoms with Gasteiger partial charge in [-0.3, -0.25) is 14.7 Å². The zero-order valence-corrected chi connectivity index (χ0v) is 16.2. The molecule has 5 rings (SSSR count). The number of rotatable bonds is 3. The van der Waals surface area contributed by atoms with Gasteiger partial charge in [0.15, 0.2) is 5.76 Å². The van der Waals surface area contributed by atoms with Crippen molar-refractivity contribution in [3.05, 3.63) is 78.4 Å². The van der Waals surface area contributed by atoms with Gasteiger partial charge in [-0.15, -0.1) is 0 Å². The molecule has 4 aromatic rings. The van der Waals surface area contributed by atoms with Gasteiger partial charge in [0.1, 0.15) is 5.69 Å². The fourth-order valence-electron chi connectivity index (χ4n) is 3.86. The number of nitrogens with zero attached hydrogens (tertiary/aromatic N) is 3. The number of nitrogens with one attached hydrogen (secondary N) is 1. The van der Waals surface area contributed by atoms with E-state index in [1.165, 1.54) is 6.26 Å². The Morgan fingerprint density at radius 3 is 2.37 bits per heavy atom. The number of benzene rings is 2. The second kappa shape index (κ2) is 7.51. The van der Waals surface area contributed by atoms with E-state index in [1.807, 2.05) is 24.3 Å². The van der Waals surface area contributed by atoms with E-state index in [0.717, 1.165) is 22.0 Å². The predicted octanol–water partition coefficient (Wildman–Crippen LogP) is 3.42. The summed E-state index contributed by atoms with van der Waals surface area (Å²) < 4.78 is 5.18. The summed E-state index contributed by atoms with van der Waals surface area (Å²) in [5, 5.41) is 9.49. The number of carbonyl (C=O) groups excluding carboxylic acids is 2. The number of furan rings is 1. The van der Waals surface area contributed by atoms with Crippen LogP contribution in [0.15, 0.2) is 71.3 Å². The molecule has 0 spiro atoms. The predicted molar refractivity (Wildman–Crippen MR) is 112 cm³/mol. The summed E-state index contributed by atoms with van der Waals surface area (Å²) in [4.78, 5) is 28.8. The van der Waals surface area contributed by atoms with Crippen molar-refractivity contribution in [3.8, 4) is 11.3 Å². The van der Waals surface area contributed by atoms with Crippen LogP contribution in [0.5, 0.6) is 0 Å². The smallest absolute Gasteiger partial charge is 0.289 e. The minimum absolute atomic E-state index is 0.112. The molecule has 0 atom stereocenters. The number of hydrogen-bond acceptors (Lipinski definition) is 4. The van der Waals surface area contributed by atoms with Crippen molar-refractivity contribution >= 4 is 22.6 Å². The Morgan fingerprint density at radius 1 is 0.867 bits per heavy atom. The third kappa shape index (κ3) is 3.24. The highest BCUT2D eigenvalue weighted by Gasteiger charge is 2.27. The van der Waals surface area contributed by atoms with Crippen LogP contribution in [0.1, 0.15) is 21.0 Å². The minimum atomic E-state index is -0.146. The standard InChI is InChI=1S/C23H20N4O3/c28-22(26-10-12-27(13-11-26)23(29)21-9-4-14-30-21)20-15-19(24-25-20)18-8-3-6-16-5-1-2-7-17(16)18/h1-9,14-15H,10-13H2,(H,24,25). The van der Waals surface area contributed by atoms with Gasteiger partial charge in [0.05, 0.1) is 12.0 Å². The Morgan fingerprint density at radius 2 is 1.60 bits per heavy atom. The Hall–Kier alpha value is -3.87. The summed E-state index contributed by atoms with van der Waals surface area (Å²) in [5.41, 5.74) is 2.17. The van der Waals surface area contributed by atoms with Crippen molar-refractivity contribution in [2.24, 2.45) is 0 Å². The van der Waals surface area contributed by atoms with E-state index in [1.54, 1.807) is 28.0 Å². The quantitative estimate of drug-likeness (QED) is 0.571. The summed E-state index contributed by atoms with van der Waals surface area (Å²) in [6.07, 6.45) is 1.48. The average Bonchev–Trinajstić information content (AvgIpc) is 3.50. The zero-order valence-electron chi connectivity index (χ0n) is 16.2. The van der Waals surface area contributed by atoms with Gasteiger partial charge in [-0.1, -0.05) is 42.5 Å². The van der Waals surface area contributed by atoms with Gasteiger partial charge in [0.25, 0.3) is 11.8 Å². The molecule has 1 aliphatic heterocycles. The van der Waals surface area contributed by atoms with E-state index in [2.05, 4.69) is 28.4 Å². The van der Waals surface area contributed by atoms with E-state index in [-0.39, 0.29) is 11.8 Å². The molecule has 150 valence electrons. The van der Waals surface area contributed by atoms with Gasteiger partial charge in [-0.25, -0.2) is 0 Å². The Balaban J connectivity index is 1.30. The van der Waals surface area contributed by atoms with Crippen LogP contribution in [0.3, 0.4) is 0 Å². The van der Waals surface area contributed by atoms with E-state index in [9.17, 15) is 9.59 Å². The van der Waals surface area contributed by atoms with Crippen molar-refractivity contribution in [1.82, 2.24) is 20.0 Å². The molecule has 2 aromatic carbocycles. The van der Waals surface area contributed by atoms with E-state index >= 15 is 0 Å². The fourth-order valence-corrected chi connectivity index (χ4v) is 3.86. The highest BCUT2D eigenvalue weighted by molar-refractivity contribution is 5.98. The molecule has 1 fully saturated rings. The number of amides is 2. The van der Waals surface area contributed by atoms with Gasteiger partial charge < -0.3 is 14.2 Å². The molecule has 0 aliphatic carbocycles. The van der Waals surface area contributed by atoms with Crippen molar-refractivity contribution in [2.75, 3.05) is 26.2 Å². The molecule has 30 heavy (non-hydrogen) atoms. The molecule has 1 aliphatic rings. The maximum absolute atomic E-state index is 12.9. The van der Waals surface area contributed by atoms with Crippen molar-refractivity contribution in [2.45, 2.75) is 0 Å². The van der Waals surface area contributed by atoms with Crippen LogP contribution in [0.2, 0.25) is 0 Å². The second-order valence-electron chi connectivity index (χ2n) is 7.26. The Kier molecular flexibility index (Phi) is 4.55. The number of fused-ring (bicyclic) bond motifs is 1. The van der Waals surface area contributed by atoms with Gasteiger partial charge >= 0.3 is 0 Å². The summed E-state index contributed by atoms with van der Waals surface area (Å²) in [6, 6.07) is 19.3. The monoisotopic (exact) mass is 400 g/mol. The maximum Gasteiger partial charge on any atom is 0.289 e. The molecule has 0 saturated carbocycles. The van der Waals surface area contributed by atoms with E-state index in [0.29, 0.717) is 37.6 Å². The first kappa shape index (κ1) is 18.2.